The zero-order valence-electron chi connectivity index (χ0n) is 26.8. The number of carbonyl (C=O) groups excluding carboxylic acids is 4. The number of alkyl carbamates (subject to hydrolysis) is 1. The van der Waals surface area contributed by atoms with Gasteiger partial charge in [-0.05, 0) is 60.9 Å². The first-order valence-electron chi connectivity index (χ1n) is 15.3. The molecule has 2 rings (SSSR count). The number of aliphatic carboxylic acids is 1. The number of benzene rings is 2. The summed E-state index contributed by atoms with van der Waals surface area (Å²) in [6.45, 7) is 7.81. The van der Waals surface area contributed by atoms with Gasteiger partial charge in [-0.1, -0.05) is 58.0 Å². The van der Waals surface area contributed by atoms with Crippen molar-refractivity contribution in [2.45, 2.75) is 71.5 Å². The fraction of sp³-hybridized carbons (Fsp3) is 0.485. The number of hydrogen-bond acceptors (Lipinski definition) is 8. The molecule has 0 saturated carbocycles. The molecule has 0 aliphatic carbocycles. The molecule has 0 aliphatic heterocycles. The van der Waals surface area contributed by atoms with Gasteiger partial charge in [-0.2, -0.15) is 12.6 Å². The van der Waals surface area contributed by atoms with Crippen molar-refractivity contribution in [3.63, 3.8) is 0 Å². The highest BCUT2D eigenvalue weighted by Gasteiger charge is 2.30. The molecule has 3 atom stereocenters. The first-order valence-corrected chi connectivity index (χ1v) is 16.0. The number of hydrogen-bond donors (Lipinski definition) is 6. The lowest BCUT2D eigenvalue weighted by atomic mass is 10.0. The molecule has 0 aliphatic rings. The summed E-state index contributed by atoms with van der Waals surface area (Å²) in [7, 11) is 0. The molecule has 0 bridgehead atoms. The molecule has 0 saturated heterocycles. The molecule has 12 nitrogen and oxygen atoms in total. The molecule has 0 unspecified atom stereocenters. The second kappa shape index (κ2) is 20.0. The Hall–Kier alpha value is -4.26. The van der Waals surface area contributed by atoms with Crippen LogP contribution in [0.4, 0.5) is 4.79 Å². The maximum Gasteiger partial charge on any atom is 0.407 e. The number of amides is 4. The van der Waals surface area contributed by atoms with Gasteiger partial charge in [0.05, 0.1) is 6.61 Å². The first-order chi connectivity index (χ1) is 21.9. The van der Waals surface area contributed by atoms with Crippen LogP contribution in [-0.2, 0) is 30.3 Å². The summed E-state index contributed by atoms with van der Waals surface area (Å²) >= 11 is 4.25. The molecular formula is C33H46N4O8S. The van der Waals surface area contributed by atoms with E-state index in [2.05, 4.69) is 33.9 Å². The highest BCUT2D eigenvalue weighted by molar-refractivity contribution is 7.80. The Kier molecular flexibility index (Phi) is 16.5. The van der Waals surface area contributed by atoms with Crippen molar-refractivity contribution in [1.82, 2.24) is 21.3 Å². The molecule has 0 fully saturated rings. The quantitative estimate of drug-likeness (QED) is 0.124. The Labute approximate surface area is 275 Å². The lowest BCUT2D eigenvalue weighted by molar-refractivity contribution is -0.137. The molecule has 46 heavy (non-hydrogen) atoms. The molecule has 252 valence electrons. The van der Waals surface area contributed by atoms with Gasteiger partial charge >= 0.3 is 12.1 Å². The van der Waals surface area contributed by atoms with Crippen molar-refractivity contribution in [3.8, 4) is 11.5 Å². The largest absolute Gasteiger partial charge is 0.481 e. The van der Waals surface area contributed by atoms with Crippen LogP contribution in [0.3, 0.4) is 0 Å². The van der Waals surface area contributed by atoms with Crippen molar-refractivity contribution in [1.29, 1.82) is 0 Å². The summed E-state index contributed by atoms with van der Waals surface area (Å²) in [5.74, 6) is -1.53. The number of ether oxygens (including phenoxy) is 2. The first kappa shape index (κ1) is 37.9. The van der Waals surface area contributed by atoms with Crippen LogP contribution < -0.4 is 26.0 Å². The van der Waals surface area contributed by atoms with Gasteiger partial charge in [0.25, 0.3) is 0 Å². The Morgan fingerprint density at radius 3 is 2.07 bits per heavy atom. The topological polar surface area (TPSA) is 172 Å². The van der Waals surface area contributed by atoms with Crippen LogP contribution >= 0.6 is 12.6 Å². The molecule has 0 aromatic heterocycles. The zero-order chi connectivity index (χ0) is 34.1. The molecule has 0 radical (unpaired) electrons. The average molecular weight is 659 g/mol. The van der Waals surface area contributed by atoms with Crippen molar-refractivity contribution in [3.05, 3.63) is 60.2 Å². The third-order valence-corrected chi connectivity index (χ3v) is 6.91. The Bertz CT molecular complexity index is 1290. The van der Waals surface area contributed by atoms with Crippen molar-refractivity contribution in [2.24, 2.45) is 11.8 Å². The molecule has 4 amide bonds. The van der Waals surface area contributed by atoms with Crippen LogP contribution in [0.1, 0.15) is 52.5 Å². The number of para-hydroxylation sites is 1. The van der Waals surface area contributed by atoms with E-state index in [0.29, 0.717) is 24.5 Å². The molecule has 0 heterocycles. The van der Waals surface area contributed by atoms with Gasteiger partial charge < -0.3 is 35.8 Å². The van der Waals surface area contributed by atoms with E-state index in [1.807, 2.05) is 82.3 Å². The van der Waals surface area contributed by atoms with Crippen molar-refractivity contribution < 1.29 is 38.6 Å². The smallest absolute Gasteiger partial charge is 0.407 e. The number of thiol groups is 1. The zero-order valence-corrected chi connectivity index (χ0v) is 27.7. The molecule has 2 aromatic rings. The Morgan fingerprint density at radius 1 is 0.783 bits per heavy atom. The van der Waals surface area contributed by atoms with Gasteiger partial charge in [0.1, 0.15) is 29.6 Å². The maximum absolute atomic E-state index is 13.3. The van der Waals surface area contributed by atoms with Gasteiger partial charge in [-0.25, -0.2) is 4.79 Å². The van der Waals surface area contributed by atoms with Crippen LogP contribution in [0.2, 0.25) is 0 Å². The minimum absolute atomic E-state index is 0.00477. The standard InChI is InChI=1S/C33H46N4O8S/c1-21(2)17-27(35-31(41)26(13-14-29(38)39)37-33(43)44-19-22(3)4)32(42)36-28(20-46)30(40)34-16-15-23-9-8-12-25(18-23)45-24-10-6-5-7-11-24/h5-12,18,21-22,26-28,46H,13-17,19-20H2,1-4H3,(H,34,40)(H,35,41)(H,36,42)(H,37,43)(H,38,39)/t26-,27-,28-/m0/s1. The lowest BCUT2D eigenvalue weighted by Crippen LogP contribution is -2.57. The van der Waals surface area contributed by atoms with Crippen LogP contribution in [0.5, 0.6) is 11.5 Å². The average Bonchev–Trinajstić information content (AvgIpc) is 3.00. The Balaban J connectivity index is 1.99. The van der Waals surface area contributed by atoms with Gasteiger partial charge in [0.2, 0.25) is 17.7 Å². The molecule has 5 N–H and O–H groups in total. The summed E-state index contributed by atoms with van der Waals surface area (Å²) in [4.78, 5) is 62.8. The van der Waals surface area contributed by atoms with E-state index in [4.69, 9.17) is 14.6 Å². The summed E-state index contributed by atoms with van der Waals surface area (Å²) in [5.41, 5.74) is 0.944. The van der Waals surface area contributed by atoms with E-state index in [-0.39, 0.29) is 37.0 Å². The third-order valence-electron chi connectivity index (χ3n) is 6.55. The highest BCUT2D eigenvalue weighted by Crippen LogP contribution is 2.22. The van der Waals surface area contributed by atoms with Gasteiger partial charge in [-0.3, -0.25) is 19.2 Å². The predicted molar refractivity (Wildman–Crippen MR) is 177 cm³/mol. The van der Waals surface area contributed by atoms with E-state index in [1.165, 1.54) is 0 Å². The van der Waals surface area contributed by atoms with E-state index in [1.54, 1.807) is 0 Å². The predicted octanol–water partition coefficient (Wildman–Crippen LogP) is 3.70. The summed E-state index contributed by atoms with van der Waals surface area (Å²) < 4.78 is 10.9. The van der Waals surface area contributed by atoms with Crippen molar-refractivity contribution >= 4 is 42.4 Å². The van der Waals surface area contributed by atoms with Crippen molar-refractivity contribution in [2.75, 3.05) is 18.9 Å². The van der Waals surface area contributed by atoms with E-state index in [9.17, 15) is 24.0 Å². The minimum Gasteiger partial charge on any atom is -0.481 e. The number of rotatable bonds is 19. The summed E-state index contributed by atoms with van der Waals surface area (Å²) in [5, 5.41) is 19.6. The summed E-state index contributed by atoms with van der Waals surface area (Å²) in [6.07, 6.45) is -0.733. The SMILES string of the molecule is CC(C)COC(=O)N[C@@H](CCC(=O)O)C(=O)N[C@@H](CC(C)C)C(=O)N[C@@H](CS)C(=O)NCCc1cccc(Oc2ccccc2)c1. The number of nitrogens with one attached hydrogen (secondary N) is 4. The fourth-order valence-electron chi connectivity index (χ4n) is 4.25. The monoisotopic (exact) mass is 658 g/mol. The number of carboxylic acid groups (broad SMARTS) is 1. The molecule has 0 spiro atoms. The van der Waals surface area contributed by atoms with Crippen LogP contribution in [0.25, 0.3) is 0 Å². The third kappa shape index (κ3) is 14.7. The van der Waals surface area contributed by atoms with E-state index in [0.717, 1.165) is 5.56 Å². The van der Waals surface area contributed by atoms with Crippen LogP contribution in [-0.4, -0.2) is 71.9 Å². The number of carbonyl (C=O) groups is 5. The van der Waals surface area contributed by atoms with E-state index >= 15 is 0 Å². The second-order valence-corrected chi connectivity index (χ2v) is 12.0. The van der Waals surface area contributed by atoms with E-state index < -0.39 is 54.3 Å². The van der Waals surface area contributed by atoms with Crippen LogP contribution in [0, 0.1) is 11.8 Å². The van der Waals surface area contributed by atoms with Gasteiger partial charge in [-0.15, -0.1) is 0 Å². The highest BCUT2D eigenvalue weighted by atomic mass is 32.1. The van der Waals surface area contributed by atoms with Gasteiger partial charge in [0.15, 0.2) is 0 Å². The Morgan fingerprint density at radius 2 is 1.43 bits per heavy atom. The molecule has 2 aromatic carbocycles. The second-order valence-electron chi connectivity index (χ2n) is 11.7. The summed E-state index contributed by atoms with van der Waals surface area (Å²) in [6, 6.07) is 13.6. The fourth-order valence-corrected chi connectivity index (χ4v) is 4.50. The van der Waals surface area contributed by atoms with Gasteiger partial charge in [0, 0.05) is 18.7 Å². The minimum atomic E-state index is -1.25. The van der Waals surface area contributed by atoms with Crippen LogP contribution in [0.15, 0.2) is 54.6 Å². The lowest BCUT2D eigenvalue weighted by Gasteiger charge is -2.25. The maximum atomic E-state index is 13.3. The molecular weight excluding hydrogens is 612 g/mol. The normalized spacial score (nSPS) is 12.8. The molecule has 13 heteroatoms. The number of carboxylic acids is 1.